The van der Waals surface area contributed by atoms with E-state index in [1.165, 1.54) is 0 Å². The fraction of sp³-hybridized carbons (Fsp3) is 0.562. The molecule has 0 fully saturated rings. The molecule has 0 atom stereocenters. The first-order valence-corrected chi connectivity index (χ1v) is 6.09. The first-order valence-electron chi connectivity index (χ1n) is 6.09. The maximum absolute atomic E-state index is 11.8. The van der Waals surface area contributed by atoms with Gasteiger partial charge in [-0.05, 0) is 32.9 Å². The van der Waals surface area contributed by atoms with E-state index in [0.717, 1.165) is 4.68 Å². The zero-order chi connectivity index (χ0) is 13.9. The maximum atomic E-state index is 11.8. The average Bonchev–Trinajstić information content (AvgIpc) is 2.77. The molecule has 0 bridgehead atoms. The van der Waals surface area contributed by atoms with Crippen molar-refractivity contribution < 1.29 is 14.3 Å². The van der Waals surface area contributed by atoms with E-state index in [1.54, 1.807) is 12.1 Å². The number of carbonyl (C=O) groups excluding carboxylic acids is 1. The Balaban J connectivity index is 0. The van der Waals surface area contributed by atoms with Crippen LogP contribution in [-0.2, 0) is 9.47 Å². The molecule has 2 rings (SSSR count). The van der Waals surface area contributed by atoms with Crippen molar-refractivity contribution >= 4 is 17.1 Å². The number of rotatable bonds is 3. The highest BCUT2D eigenvalue weighted by Gasteiger charge is 2.14. The van der Waals surface area contributed by atoms with Gasteiger partial charge in [-0.25, -0.2) is 4.79 Å². The Morgan fingerprint density at radius 1 is 1.14 bits per heavy atom. The minimum atomic E-state index is -0.550. The highest BCUT2D eigenvalue weighted by molar-refractivity contribution is 5.84. The number of carbonyl (C=O) groups is 1. The van der Waals surface area contributed by atoms with Gasteiger partial charge >= 0.3 is 6.09 Å². The lowest BCUT2D eigenvalue weighted by molar-refractivity contribution is -0.0231. The highest BCUT2D eigenvalue weighted by Crippen LogP contribution is 2.10. The van der Waals surface area contributed by atoms with Crippen LogP contribution >= 0.6 is 0 Å². The van der Waals surface area contributed by atoms with Gasteiger partial charge in [-0.1, -0.05) is 39.6 Å². The van der Waals surface area contributed by atoms with Gasteiger partial charge in [0.15, 0.2) is 0 Å². The normalized spacial score (nSPS) is 10.1. The molecule has 0 radical (unpaired) electrons. The van der Waals surface area contributed by atoms with E-state index < -0.39 is 6.09 Å². The zero-order valence-electron chi connectivity index (χ0n) is 11.3. The van der Waals surface area contributed by atoms with Crippen molar-refractivity contribution in [2.45, 2.75) is 48.7 Å². The van der Waals surface area contributed by atoms with Gasteiger partial charge in [-0.15, -0.1) is 9.78 Å². The Morgan fingerprint density at radius 2 is 1.77 bits per heavy atom. The van der Waals surface area contributed by atoms with E-state index in [1.807, 2.05) is 32.9 Å². The smallest absolute Gasteiger partial charge is 0.436 e. The van der Waals surface area contributed by atoms with E-state index in [-0.39, 0.29) is 34.5 Å². The molecule has 1 aromatic heterocycles. The van der Waals surface area contributed by atoms with Gasteiger partial charge in [-0.3, -0.25) is 0 Å². The van der Waals surface area contributed by atoms with Gasteiger partial charge in [0.2, 0.25) is 0 Å². The monoisotopic (exact) mass is 311 g/mol. The number of hydrogen-bond acceptors (Lipinski definition) is 5. The van der Waals surface area contributed by atoms with Crippen LogP contribution in [0.15, 0.2) is 24.3 Å². The number of nitrogens with zero attached hydrogens (tertiary/aromatic N) is 3. The fourth-order valence-electron chi connectivity index (χ4n) is 1.54. The number of benzene rings is 1. The summed E-state index contributed by atoms with van der Waals surface area (Å²) in [6, 6.07) is 7.21. The van der Waals surface area contributed by atoms with Crippen molar-refractivity contribution in [3.05, 3.63) is 24.3 Å². The van der Waals surface area contributed by atoms with E-state index in [9.17, 15) is 4.79 Å². The predicted octanol–water partition coefficient (Wildman–Crippen LogP) is 4.14. The summed E-state index contributed by atoms with van der Waals surface area (Å²) in [5.41, 5.74) is 1.04. The Hall–Kier alpha value is -1.95. The number of fused-ring (bicyclic) bond motifs is 1. The molecule has 126 valence electrons. The molecule has 0 amide bonds. The molecule has 0 N–H and O–H groups in total. The second kappa shape index (κ2) is 9.15. The van der Waals surface area contributed by atoms with Gasteiger partial charge < -0.3 is 9.47 Å². The summed E-state index contributed by atoms with van der Waals surface area (Å²) >= 11 is 0. The topological polar surface area (TPSA) is 66.2 Å². The molecule has 6 heteroatoms. The maximum Gasteiger partial charge on any atom is 0.436 e. The number of ether oxygens (including phenoxy) is 2. The summed E-state index contributed by atoms with van der Waals surface area (Å²) < 4.78 is 11.7. The summed E-state index contributed by atoms with van der Waals surface area (Å²) in [6.45, 7) is 6.37. The number of hydrogen-bond donors (Lipinski definition) is 0. The van der Waals surface area contributed by atoms with Crippen molar-refractivity contribution in [2.24, 2.45) is 0 Å². The van der Waals surface area contributed by atoms with Crippen molar-refractivity contribution in [3.63, 3.8) is 0 Å². The van der Waals surface area contributed by atoms with Crippen molar-refractivity contribution in [3.8, 4) is 0 Å². The Morgan fingerprint density at radius 3 is 2.41 bits per heavy atom. The van der Waals surface area contributed by atoms with Crippen LogP contribution in [0.4, 0.5) is 4.79 Å². The molecule has 6 nitrogen and oxygen atoms in total. The van der Waals surface area contributed by atoms with Gasteiger partial charge in [0, 0.05) is 0 Å². The second-order valence-electron chi connectivity index (χ2n) is 5.07. The van der Waals surface area contributed by atoms with Crippen LogP contribution in [-0.4, -0.2) is 39.9 Å². The molecule has 0 saturated carbocycles. The lowest BCUT2D eigenvalue weighted by Gasteiger charge is -2.19. The minimum Gasteiger partial charge on any atom is -0.445 e. The van der Waals surface area contributed by atoms with Crippen LogP contribution in [0.1, 0.15) is 43.1 Å². The Labute approximate surface area is 133 Å². The molecule has 1 aromatic carbocycles. The number of aromatic nitrogens is 3. The first kappa shape index (κ1) is 22.3. The lowest BCUT2D eigenvalue weighted by atomic mass is 10.2. The van der Waals surface area contributed by atoms with Gasteiger partial charge in [-0.2, -0.15) is 0 Å². The molecule has 0 aliphatic rings. The third-order valence-electron chi connectivity index (χ3n) is 2.37. The van der Waals surface area contributed by atoms with E-state index in [4.69, 9.17) is 9.47 Å². The standard InChI is InChI=1S/C13H17N3O3.3CH4/c1-13(2,3)19-9-8-18-12(17)16-11-7-5-4-6-10(11)14-15-16;;;/h4-7H,8-9H2,1-3H3;3*1H4. The third kappa shape index (κ3) is 5.81. The summed E-state index contributed by atoms with van der Waals surface area (Å²) in [5.74, 6) is 0. The Kier molecular flexibility index (Phi) is 9.28. The van der Waals surface area contributed by atoms with Gasteiger partial charge in [0.05, 0.1) is 12.2 Å². The SMILES string of the molecule is C.C.C.CC(C)(C)OCCOC(=O)n1nnc2ccccc21. The van der Waals surface area contributed by atoms with Crippen LogP contribution in [0.2, 0.25) is 0 Å². The van der Waals surface area contributed by atoms with Gasteiger partial charge in [0.25, 0.3) is 0 Å². The van der Waals surface area contributed by atoms with E-state index in [0.29, 0.717) is 17.6 Å². The van der Waals surface area contributed by atoms with Crippen LogP contribution in [0.5, 0.6) is 0 Å². The van der Waals surface area contributed by atoms with Crippen LogP contribution in [0.3, 0.4) is 0 Å². The van der Waals surface area contributed by atoms with E-state index in [2.05, 4.69) is 10.3 Å². The largest absolute Gasteiger partial charge is 0.445 e. The molecule has 0 aliphatic carbocycles. The summed E-state index contributed by atoms with van der Waals surface area (Å²) in [5, 5.41) is 7.66. The molecule has 0 saturated heterocycles. The number of para-hydroxylation sites is 1. The van der Waals surface area contributed by atoms with Crippen molar-refractivity contribution in [1.82, 2.24) is 15.0 Å². The fourth-order valence-corrected chi connectivity index (χ4v) is 1.54. The first-order chi connectivity index (χ1) is 8.97. The van der Waals surface area contributed by atoms with Crippen molar-refractivity contribution in [2.75, 3.05) is 13.2 Å². The summed E-state index contributed by atoms with van der Waals surface area (Å²) in [4.78, 5) is 11.8. The predicted molar refractivity (Wildman–Crippen MR) is 90.2 cm³/mol. The molecular weight excluding hydrogens is 282 g/mol. The molecule has 2 aromatic rings. The Bertz CT molecular complexity index is 573. The summed E-state index contributed by atoms with van der Waals surface area (Å²) in [7, 11) is 0. The van der Waals surface area contributed by atoms with Crippen LogP contribution in [0.25, 0.3) is 11.0 Å². The molecule has 0 unspecified atom stereocenters. The molecule has 1 heterocycles. The molecular formula is C16H29N3O3. The average molecular weight is 311 g/mol. The van der Waals surface area contributed by atoms with Gasteiger partial charge in [0.1, 0.15) is 17.6 Å². The molecule has 22 heavy (non-hydrogen) atoms. The molecule has 0 spiro atoms. The van der Waals surface area contributed by atoms with Crippen molar-refractivity contribution in [1.29, 1.82) is 0 Å². The van der Waals surface area contributed by atoms with E-state index >= 15 is 0 Å². The highest BCUT2D eigenvalue weighted by atomic mass is 16.6. The lowest BCUT2D eigenvalue weighted by Crippen LogP contribution is -2.24. The quantitative estimate of drug-likeness (QED) is 0.797. The van der Waals surface area contributed by atoms with Crippen LogP contribution < -0.4 is 0 Å². The summed E-state index contributed by atoms with van der Waals surface area (Å²) in [6.07, 6.45) is -0.550. The second-order valence-corrected chi connectivity index (χ2v) is 5.07. The third-order valence-corrected chi connectivity index (χ3v) is 2.37. The van der Waals surface area contributed by atoms with Crippen LogP contribution in [0, 0.1) is 0 Å². The zero-order valence-corrected chi connectivity index (χ0v) is 11.3. The minimum absolute atomic E-state index is 0. The molecule has 0 aliphatic heterocycles.